The normalized spacial score (nSPS) is 22.1. The van der Waals surface area contributed by atoms with Crippen LogP contribution >= 0.6 is 0 Å². The molecule has 3 atom stereocenters. The largest absolute Gasteiger partial charge is 0.598 e. The van der Waals surface area contributed by atoms with Crippen LogP contribution in [-0.2, 0) is 22.8 Å². The highest BCUT2D eigenvalue weighted by Gasteiger charge is 2.62. The van der Waals surface area contributed by atoms with Crippen molar-refractivity contribution in [2.75, 3.05) is 6.61 Å². The fourth-order valence-electron chi connectivity index (χ4n) is 8.30. The van der Waals surface area contributed by atoms with Gasteiger partial charge in [0, 0.05) is 38.9 Å². The van der Waals surface area contributed by atoms with Crippen LogP contribution in [0, 0.1) is 17.3 Å². The Morgan fingerprint density at radius 1 is 1.06 bits per heavy atom. The van der Waals surface area contributed by atoms with Crippen molar-refractivity contribution in [1.82, 2.24) is 19.2 Å². The number of ether oxygens (including phenoxy) is 1. The van der Waals surface area contributed by atoms with Crippen molar-refractivity contribution in [2.45, 2.75) is 121 Å². The summed E-state index contributed by atoms with van der Waals surface area (Å²) in [7, 11) is -1.34. The summed E-state index contributed by atoms with van der Waals surface area (Å²) in [5, 5.41) is 0. The summed E-state index contributed by atoms with van der Waals surface area (Å²) in [6.45, 7) is 13.6. The molecule has 3 aliphatic carbocycles. The van der Waals surface area contributed by atoms with E-state index in [0.717, 1.165) is 42.8 Å². The maximum atomic E-state index is 13.8. The standard InChI is InChI=1S/C38H50F2N4O4SSi/c1-36(2,3)49(47)42-30(17-24-19-37(20-24)21-38(39,40)22-37)33-41-29-18-26(13-14-31(29)43(33)23-48-15-16-50(4,5)6)32(25-11-12-25)44-34(45)27-9-7-8-10-28(27)35(44)46/h7-10,13-14,18,24-25,30,32,42H,11-12,15-17,19-23H2,1-6H3/t30-,32+,49?/m0/s1. The van der Waals surface area contributed by atoms with Gasteiger partial charge in [-0.3, -0.25) is 14.5 Å². The fraction of sp³-hybridized carbons (Fsp3) is 0.605. The maximum Gasteiger partial charge on any atom is 0.262 e. The van der Waals surface area contributed by atoms with E-state index in [2.05, 4.69) is 28.9 Å². The molecule has 270 valence electrons. The summed E-state index contributed by atoms with van der Waals surface area (Å²) in [5.41, 5.74) is 3.04. The molecular weight excluding hydrogens is 675 g/mol. The quantitative estimate of drug-likeness (QED) is 0.0823. The lowest BCUT2D eigenvalue weighted by Gasteiger charge is -2.57. The second-order valence-electron chi connectivity index (χ2n) is 17.6. The number of aromatic nitrogens is 2. The van der Waals surface area contributed by atoms with Crippen molar-refractivity contribution in [3.63, 3.8) is 0 Å². The van der Waals surface area contributed by atoms with Gasteiger partial charge in [0.2, 0.25) is 5.92 Å². The summed E-state index contributed by atoms with van der Waals surface area (Å²) in [6, 6.07) is 13.2. The Morgan fingerprint density at radius 3 is 2.26 bits per heavy atom. The van der Waals surface area contributed by atoms with Gasteiger partial charge in [0.1, 0.15) is 23.3 Å². The third kappa shape index (κ3) is 7.07. The van der Waals surface area contributed by atoms with Crippen molar-refractivity contribution in [2.24, 2.45) is 17.3 Å². The molecule has 2 heterocycles. The van der Waals surface area contributed by atoms with Crippen molar-refractivity contribution in [1.29, 1.82) is 0 Å². The predicted molar refractivity (Wildman–Crippen MR) is 194 cm³/mol. The zero-order chi connectivity index (χ0) is 35.8. The highest BCUT2D eigenvalue weighted by Crippen LogP contribution is 2.65. The molecule has 3 fully saturated rings. The van der Waals surface area contributed by atoms with Crippen molar-refractivity contribution < 1.29 is 27.7 Å². The molecule has 50 heavy (non-hydrogen) atoms. The summed E-state index contributed by atoms with van der Waals surface area (Å²) >= 11 is -1.41. The Hall–Kier alpha value is -2.64. The van der Waals surface area contributed by atoms with Crippen LogP contribution in [0.25, 0.3) is 11.0 Å². The maximum absolute atomic E-state index is 13.8. The van der Waals surface area contributed by atoms with Gasteiger partial charge in [0.15, 0.2) is 0 Å². The summed E-state index contributed by atoms with van der Waals surface area (Å²) in [4.78, 5) is 33.8. The van der Waals surface area contributed by atoms with Crippen LogP contribution in [-0.4, -0.2) is 56.2 Å². The molecule has 1 aliphatic heterocycles. The molecule has 2 aromatic carbocycles. The van der Waals surface area contributed by atoms with Gasteiger partial charge in [-0.1, -0.05) is 37.8 Å². The number of hydrogen-bond acceptors (Lipinski definition) is 6. The number of imidazole rings is 1. The number of amides is 2. The molecule has 3 aromatic rings. The molecule has 0 radical (unpaired) electrons. The van der Waals surface area contributed by atoms with Crippen LogP contribution in [0.4, 0.5) is 8.78 Å². The Bertz CT molecular complexity index is 1750. The smallest absolute Gasteiger partial charge is 0.262 e. The van der Waals surface area contributed by atoms with Crippen LogP contribution in [0.5, 0.6) is 0 Å². The third-order valence-corrected chi connectivity index (χ3v) is 14.2. The third-order valence-electron chi connectivity index (χ3n) is 10.9. The Labute approximate surface area is 298 Å². The predicted octanol–water partition coefficient (Wildman–Crippen LogP) is 8.40. The van der Waals surface area contributed by atoms with Gasteiger partial charge in [-0.05, 0) is 106 Å². The van der Waals surface area contributed by atoms with Crippen LogP contribution in [0.15, 0.2) is 42.5 Å². The van der Waals surface area contributed by atoms with Gasteiger partial charge in [-0.25, -0.2) is 13.8 Å². The summed E-state index contributed by atoms with van der Waals surface area (Å²) in [5.74, 6) is -1.99. The van der Waals surface area contributed by atoms with Gasteiger partial charge in [-0.2, -0.15) is 0 Å². The minimum absolute atomic E-state index is 0.0377. The van der Waals surface area contributed by atoms with E-state index in [1.54, 1.807) is 24.3 Å². The van der Waals surface area contributed by atoms with E-state index >= 15 is 0 Å². The number of rotatable bonds is 13. The highest BCUT2D eigenvalue weighted by molar-refractivity contribution is 7.90. The lowest BCUT2D eigenvalue weighted by molar-refractivity contribution is -0.207. The Kier molecular flexibility index (Phi) is 9.14. The van der Waals surface area contributed by atoms with Gasteiger partial charge in [0.05, 0.1) is 28.2 Å². The number of fused-ring (bicyclic) bond motifs is 2. The fourth-order valence-corrected chi connectivity index (χ4v) is 9.87. The zero-order valence-corrected chi connectivity index (χ0v) is 31.9. The SMILES string of the molecule is CC(C)(C)[S+]([O-])N[C@@H](CC1CC2(C1)CC(F)(F)C2)c1nc2cc([C@@H](C3CC3)N3C(=O)c4ccccc4C3=O)ccc2n1COCC[Si](C)(C)C. The molecule has 1 spiro atoms. The molecule has 1 aromatic heterocycles. The molecule has 8 nitrogen and oxygen atoms in total. The molecule has 0 saturated heterocycles. The van der Waals surface area contributed by atoms with E-state index < -0.39 is 42.2 Å². The first-order valence-electron chi connectivity index (χ1n) is 18.0. The average Bonchev–Trinajstić information content (AvgIpc) is 3.73. The number of alkyl halides is 2. The van der Waals surface area contributed by atoms with E-state index in [-0.39, 0.29) is 48.6 Å². The minimum atomic E-state index is -2.55. The Morgan fingerprint density at radius 2 is 1.70 bits per heavy atom. The molecular formula is C38H50F2N4O4SSi. The van der Waals surface area contributed by atoms with E-state index in [4.69, 9.17) is 9.72 Å². The first kappa shape index (κ1) is 35.7. The van der Waals surface area contributed by atoms with Crippen molar-refractivity contribution in [3.05, 3.63) is 65.0 Å². The summed E-state index contributed by atoms with van der Waals surface area (Å²) in [6.07, 6.45) is 3.89. The first-order chi connectivity index (χ1) is 23.4. The minimum Gasteiger partial charge on any atom is -0.598 e. The van der Waals surface area contributed by atoms with Crippen LogP contribution in [0.2, 0.25) is 25.7 Å². The molecule has 4 aliphatic rings. The molecule has 3 saturated carbocycles. The molecule has 1 unspecified atom stereocenters. The Balaban J connectivity index is 1.23. The number of benzene rings is 2. The van der Waals surface area contributed by atoms with Gasteiger partial charge in [0.25, 0.3) is 11.8 Å². The number of nitrogens with zero attached hydrogens (tertiary/aromatic N) is 3. The summed E-state index contributed by atoms with van der Waals surface area (Å²) < 4.78 is 52.5. The van der Waals surface area contributed by atoms with E-state index in [1.807, 2.05) is 39.0 Å². The van der Waals surface area contributed by atoms with Gasteiger partial charge < -0.3 is 13.9 Å². The van der Waals surface area contributed by atoms with Gasteiger partial charge >= 0.3 is 0 Å². The van der Waals surface area contributed by atoms with E-state index in [1.165, 1.54) is 4.90 Å². The monoisotopic (exact) mass is 724 g/mol. The lowest BCUT2D eigenvalue weighted by Crippen LogP contribution is -2.54. The molecule has 7 rings (SSSR count). The number of imide groups is 1. The highest BCUT2D eigenvalue weighted by atomic mass is 32.2. The zero-order valence-electron chi connectivity index (χ0n) is 30.1. The van der Waals surface area contributed by atoms with E-state index in [0.29, 0.717) is 35.5 Å². The molecule has 2 amide bonds. The first-order valence-corrected chi connectivity index (χ1v) is 22.9. The number of hydrogen-bond donors (Lipinski definition) is 1. The molecule has 12 heteroatoms. The number of halogens is 2. The molecule has 1 N–H and O–H groups in total. The second-order valence-corrected chi connectivity index (χ2v) is 25.2. The van der Waals surface area contributed by atoms with Crippen molar-refractivity contribution >= 4 is 42.3 Å². The number of nitrogens with one attached hydrogen (secondary N) is 1. The van der Waals surface area contributed by atoms with Gasteiger partial charge in [-0.15, -0.1) is 4.72 Å². The van der Waals surface area contributed by atoms with Crippen molar-refractivity contribution in [3.8, 4) is 0 Å². The molecule has 0 bridgehead atoms. The van der Waals surface area contributed by atoms with Crippen LogP contribution < -0.4 is 4.72 Å². The van der Waals surface area contributed by atoms with E-state index in [9.17, 15) is 22.9 Å². The topological polar surface area (TPSA) is 99.5 Å². The number of carbonyl (C=O) groups excluding carboxylic acids is 2. The average molecular weight is 725 g/mol. The number of carbonyl (C=O) groups is 2. The second kappa shape index (κ2) is 12.8. The van der Waals surface area contributed by atoms with Crippen LogP contribution in [0.1, 0.15) is 110 Å². The van der Waals surface area contributed by atoms with Crippen LogP contribution in [0.3, 0.4) is 0 Å². The lowest BCUT2D eigenvalue weighted by atomic mass is 9.49.